The van der Waals surface area contributed by atoms with Crippen molar-refractivity contribution in [2.45, 2.75) is 52.4 Å². The molecule has 166 valence electrons. The average molecular weight is 449 g/mol. The quantitative estimate of drug-likeness (QED) is 0.327. The van der Waals surface area contributed by atoms with Crippen molar-refractivity contribution in [3.05, 3.63) is 32.6 Å². The highest BCUT2D eigenvalue weighted by molar-refractivity contribution is 6.17. The first-order valence-corrected chi connectivity index (χ1v) is 9.31. The molecule has 30 heavy (non-hydrogen) atoms. The number of alkyl halides is 1. The van der Waals surface area contributed by atoms with Crippen molar-refractivity contribution in [2.24, 2.45) is 0 Å². The summed E-state index contributed by atoms with van der Waals surface area (Å²) in [5.74, 6) is -1.12. The maximum absolute atomic E-state index is 12.8. The highest BCUT2D eigenvalue weighted by atomic mass is 35.5. The molecule has 0 aliphatic carbocycles. The molecule has 0 saturated carbocycles. The third kappa shape index (κ3) is 5.83. The predicted molar refractivity (Wildman–Crippen MR) is 98.7 cm³/mol. The maximum Gasteiger partial charge on any atom is 0.511 e. The zero-order valence-electron chi connectivity index (χ0n) is 16.5. The van der Waals surface area contributed by atoms with E-state index in [9.17, 15) is 24.0 Å². The van der Waals surface area contributed by atoms with E-state index < -0.39 is 60.6 Å². The zero-order chi connectivity index (χ0) is 22.4. The summed E-state index contributed by atoms with van der Waals surface area (Å²) >= 11 is 5.24. The van der Waals surface area contributed by atoms with Gasteiger partial charge in [-0.3, -0.25) is 19.0 Å². The van der Waals surface area contributed by atoms with E-state index in [1.54, 1.807) is 0 Å². The molecule has 2 heterocycles. The summed E-state index contributed by atoms with van der Waals surface area (Å²) in [6.45, 7) is 2.99. The number of carbonyl (C=O) groups excluding carboxylic acids is 3. The lowest BCUT2D eigenvalue weighted by Gasteiger charge is -2.18. The Hall–Kier alpha value is -2.86. The Morgan fingerprint density at radius 1 is 1.17 bits per heavy atom. The number of rotatable bonds is 7. The Morgan fingerprint density at radius 2 is 1.87 bits per heavy atom. The highest BCUT2D eigenvalue weighted by Crippen LogP contribution is 2.30. The summed E-state index contributed by atoms with van der Waals surface area (Å²) in [7, 11) is 0. The van der Waals surface area contributed by atoms with Crippen LogP contribution in [0.3, 0.4) is 0 Å². The van der Waals surface area contributed by atoms with Crippen molar-refractivity contribution in [3.8, 4) is 0 Å². The fourth-order valence-corrected chi connectivity index (χ4v) is 2.93. The predicted octanol–water partition coefficient (Wildman–Crippen LogP) is 0.408. The van der Waals surface area contributed by atoms with Gasteiger partial charge in [0.15, 0.2) is 12.8 Å². The first-order valence-electron chi connectivity index (χ1n) is 8.78. The van der Waals surface area contributed by atoms with E-state index in [-0.39, 0.29) is 18.6 Å². The van der Waals surface area contributed by atoms with Crippen LogP contribution in [0, 0.1) is 6.92 Å². The minimum atomic E-state index is -1.15. The maximum atomic E-state index is 12.8. The number of halogens is 1. The van der Waals surface area contributed by atoms with Gasteiger partial charge in [-0.25, -0.2) is 14.2 Å². The molecule has 1 fully saturated rings. The normalized spacial score (nSPS) is 20.5. The van der Waals surface area contributed by atoms with Gasteiger partial charge in [-0.1, -0.05) is 11.6 Å². The van der Waals surface area contributed by atoms with Crippen molar-refractivity contribution >= 4 is 29.7 Å². The number of hydrogen-bond acceptors (Lipinski definition) is 10. The Kier molecular flexibility index (Phi) is 8.00. The van der Waals surface area contributed by atoms with Crippen molar-refractivity contribution in [3.63, 3.8) is 0 Å². The number of aryl methyl sites for hydroxylation is 1. The van der Waals surface area contributed by atoms with Crippen LogP contribution in [0.1, 0.15) is 32.1 Å². The summed E-state index contributed by atoms with van der Waals surface area (Å²) in [5, 5.41) is 0. The SMILES string of the molecule is CC(=O)OC[C@H]1O[C@@H](n2cc(C)c(=O)n(COC(=O)OCCl)c2=O)C[C@@H]1OC(C)=O. The summed E-state index contributed by atoms with van der Waals surface area (Å²) in [5.41, 5.74) is -1.34. The van der Waals surface area contributed by atoms with Gasteiger partial charge in [0.25, 0.3) is 5.56 Å². The largest absolute Gasteiger partial charge is 0.511 e. The molecule has 1 aliphatic heterocycles. The molecule has 0 aromatic carbocycles. The average Bonchev–Trinajstić information content (AvgIpc) is 3.04. The second-order valence-electron chi connectivity index (χ2n) is 6.33. The molecule has 0 unspecified atom stereocenters. The molecule has 2 rings (SSSR count). The smallest absolute Gasteiger partial charge is 0.463 e. The van der Waals surface area contributed by atoms with Gasteiger partial charge in [0.1, 0.15) is 25.0 Å². The number of aromatic nitrogens is 2. The topological polar surface area (TPSA) is 141 Å². The molecular formula is C17H21ClN2O10. The fourth-order valence-electron chi connectivity index (χ4n) is 2.84. The molecule has 0 amide bonds. The summed E-state index contributed by atoms with van der Waals surface area (Å²) in [4.78, 5) is 58.9. The lowest BCUT2D eigenvalue weighted by atomic mass is 10.2. The summed E-state index contributed by atoms with van der Waals surface area (Å²) in [6, 6.07) is -0.455. The number of nitrogens with zero attached hydrogens (tertiary/aromatic N) is 2. The van der Waals surface area contributed by atoms with Crippen LogP contribution in [0.2, 0.25) is 0 Å². The van der Waals surface area contributed by atoms with Gasteiger partial charge in [0.05, 0.1) is 0 Å². The third-order valence-corrected chi connectivity index (χ3v) is 4.22. The van der Waals surface area contributed by atoms with Crippen LogP contribution < -0.4 is 11.2 Å². The lowest BCUT2D eigenvalue weighted by molar-refractivity contribution is -0.155. The molecular weight excluding hydrogens is 428 g/mol. The molecule has 0 spiro atoms. The number of esters is 2. The van der Waals surface area contributed by atoms with Crippen LogP contribution in [0.5, 0.6) is 0 Å². The van der Waals surface area contributed by atoms with Crippen molar-refractivity contribution in [2.75, 3.05) is 12.7 Å². The minimum absolute atomic E-state index is 0.0677. The number of hydrogen-bond donors (Lipinski definition) is 0. The zero-order valence-corrected chi connectivity index (χ0v) is 17.2. The molecule has 1 aliphatic rings. The molecule has 12 nitrogen and oxygen atoms in total. The van der Waals surface area contributed by atoms with Crippen LogP contribution in [0.15, 0.2) is 15.8 Å². The monoisotopic (exact) mass is 448 g/mol. The Morgan fingerprint density at radius 3 is 2.47 bits per heavy atom. The molecule has 0 bridgehead atoms. The molecule has 3 atom stereocenters. The molecule has 1 aromatic rings. The number of ether oxygens (including phenoxy) is 5. The molecule has 13 heteroatoms. The Bertz CT molecular complexity index is 924. The summed E-state index contributed by atoms with van der Waals surface area (Å²) in [6.07, 6.45) is -2.33. The van der Waals surface area contributed by atoms with E-state index >= 15 is 0 Å². The fraction of sp³-hybridized carbons (Fsp3) is 0.588. The van der Waals surface area contributed by atoms with Gasteiger partial charge < -0.3 is 23.7 Å². The Balaban J connectivity index is 2.30. The highest BCUT2D eigenvalue weighted by Gasteiger charge is 2.40. The van der Waals surface area contributed by atoms with Gasteiger partial charge in [-0.05, 0) is 6.92 Å². The van der Waals surface area contributed by atoms with Crippen molar-refractivity contribution in [1.82, 2.24) is 9.13 Å². The lowest BCUT2D eigenvalue weighted by Crippen LogP contribution is -2.43. The first kappa shape index (κ1) is 23.4. The van der Waals surface area contributed by atoms with Crippen LogP contribution in [-0.2, 0) is 40.0 Å². The molecule has 0 radical (unpaired) electrons. The molecule has 1 saturated heterocycles. The van der Waals surface area contributed by atoms with Crippen LogP contribution in [0.4, 0.5) is 4.79 Å². The van der Waals surface area contributed by atoms with E-state index in [1.165, 1.54) is 27.0 Å². The van der Waals surface area contributed by atoms with Gasteiger partial charge in [-0.2, -0.15) is 0 Å². The second kappa shape index (κ2) is 10.3. The van der Waals surface area contributed by atoms with Crippen LogP contribution in [0.25, 0.3) is 0 Å². The van der Waals surface area contributed by atoms with E-state index in [0.717, 1.165) is 4.57 Å². The van der Waals surface area contributed by atoms with Gasteiger partial charge >= 0.3 is 23.8 Å². The third-order valence-electron chi connectivity index (χ3n) is 4.11. The summed E-state index contributed by atoms with van der Waals surface area (Å²) < 4.78 is 26.7. The first-order chi connectivity index (χ1) is 14.1. The van der Waals surface area contributed by atoms with Gasteiger partial charge in [-0.15, -0.1) is 0 Å². The van der Waals surface area contributed by atoms with Gasteiger partial charge in [0, 0.05) is 32.0 Å². The second-order valence-corrected chi connectivity index (χ2v) is 6.55. The number of carbonyl (C=O) groups is 3. The van der Waals surface area contributed by atoms with Gasteiger partial charge in [0.2, 0.25) is 0 Å². The van der Waals surface area contributed by atoms with E-state index in [4.69, 9.17) is 30.5 Å². The van der Waals surface area contributed by atoms with Crippen molar-refractivity contribution in [1.29, 1.82) is 0 Å². The minimum Gasteiger partial charge on any atom is -0.463 e. The standard InChI is InChI=1S/C17H21ClN2O10/c1-9-5-19(16(24)20(15(9)23)8-28-17(25)27-7-18)14-4-12(29-11(3)22)13(30-14)6-26-10(2)21/h5,12-14H,4,6-8H2,1-3H3/t12-,13+,14+/m0/s1. The Labute approximate surface area is 175 Å². The molecule has 1 aromatic heterocycles. The molecule has 0 N–H and O–H groups in total. The van der Waals surface area contributed by atoms with E-state index in [0.29, 0.717) is 4.57 Å². The van der Waals surface area contributed by atoms with E-state index in [2.05, 4.69) is 4.74 Å². The van der Waals surface area contributed by atoms with Crippen molar-refractivity contribution < 1.29 is 38.1 Å². The van der Waals surface area contributed by atoms with Crippen LogP contribution in [-0.4, -0.2) is 52.1 Å². The van der Waals surface area contributed by atoms with Crippen LogP contribution >= 0.6 is 11.6 Å². The van der Waals surface area contributed by atoms with E-state index in [1.807, 2.05) is 0 Å².